The molecule has 0 amide bonds. The van der Waals surface area contributed by atoms with E-state index in [4.69, 9.17) is 11.6 Å². The Morgan fingerprint density at radius 2 is 1.70 bits per heavy atom. The topological polar surface area (TPSA) is 60.2 Å². The summed E-state index contributed by atoms with van der Waals surface area (Å²) in [5.74, 6) is 0.0427. The van der Waals surface area contributed by atoms with Crippen molar-refractivity contribution in [3.05, 3.63) is 74.8 Å². The second kappa shape index (κ2) is 6.30. The number of hydrogen-bond donors (Lipinski definition) is 0. The lowest BCUT2D eigenvalue weighted by Gasteiger charge is -2.02. The summed E-state index contributed by atoms with van der Waals surface area (Å²) in [5, 5.41) is 11.1. The molecule has 0 aliphatic carbocycles. The van der Waals surface area contributed by atoms with Crippen molar-refractivity contribution in [2.75, 3.05) is 0 Å². The Bertz CT molecular complexity index is 638. The summed E-state index contributed by atoms with van der Waals surface area (Å²) in [7, 11) is 0. The van der Waals surface area contributed by atoms with Crippen LogP contribution in [0, 0.1) is 10.1 Å². The third-order valence-electron chi connectivity index (χ3n) is 2.84. The predicted octanol–water partition coefficient (Wildman–Crippen LogP) is 3.60. The van der Waals surface area contributed by atoms with E-state index in [1.165, 1.54) is 12.1 Å². The summed E-state index contributed by atoms with van der Waals surface area (Å²) >= 11 is 5.86. The van der Waals surface area contributed by atoms with Crippen molar-refractivity contribution in [3.63, 3.8) is 0 Å². The zero-order valence-corrected chi connectivity index (χ0v) is 11.3. The molecule has 0 bridgehead atoms. The molecule has 4 nitrogen and oxygen atoms in total. The Morgan fingerprint density at radius 1 is 1.05 bits per heavy atom. The van der Waals surface area contributed by atoms with Crippen LogP contribution in [0.2, 0.25) is 5.02 Å². The van der Waals surface area contributed by atoms with Gasteiger partial charge in [0.2, 0.25) is 0 Å². The summed E-state index contributed by atoms with van der Waals surface area (Å²) < 4.78 is 0. The predicted molar refractivity (Wildman–Crippen MR) is 77.0 cm³/mol. The zero-order chi connectivity index (χ0) is 14.5. The van der Waals surface area contributed by atoms with Crippen molar-refractivity contribution in [1.29, 1.82) is 0 Å². The first-order chi connectivity index (χ1) is 9.54. The summed E-state index contributed by atoms with van der Waals surface area (Å²) in [5.41, 5.74) is 1.66. The van der Waals surface area contributed by atoms with Gasteiger partial charge in [0.05, 0.1) is 4.92 Å². The maximum atomic E-state index is 11.9. The molecule has 0 fully saturated rings. The minimum absolute atomic E-state index is 0.0241. The van der Waals surface area contributed by atoms with Crippen molar-refractivity contribution in [2.45, 2.75) is 12.8 Å². The fraction of sp³-hybridized carbons (Fsp3) is 0.133. The van der Waals surface area contributed by atoms with Crippen molar-refractivity contribution in [1.82, 2.24) is 0 Å². The highest BCUT2D eigenvalue weighted by atomic mass is 35.5. The molecule has 0 aliphatic rings. The van der Waals surface area contributed by atoms with Gasteiger partial charge in [0.1, 0.15) is 5.78 Å². The molecule has 0 saturated heterocycles. The zero-order valence-electron chi connectivity index (χ0n) is 10.6. The lowest BCUT2D eigenvalue weighted by atomic mass is 10.0. The standard InChI is InChI=1S/C15H12ClNO3/c16-13-3-1-2-12(8-13)10-15(18)9-11-4-6-14(7-5-11)17(19)20/h1-8H,9-10H2. The number of ketones is 1. The van der Waals surface area contributed by atoms with E-state index >= 15 is 0 Å². The monoisotopic (exact) mass is 289 g/mol. The highest BCUT2D eigenvalue weighted by Crippen LogP contribution is 2.14. The summed E-state index contributed by atoms with van der Waals surface area (Å²) in [4.78, 5) is 22.0. The van der Waals surface area contributed by atoms with Crippen LogP contribution < -0.4 is 0 Å². The minimum Gasteiger partial charge on any atom is -0.299 e. The Kier molecular flexibility index (Phi) is 4.48. The third-order valence-corrected chi connectivity index (χ3v) is 3.07. The minimum atomic E-state index is -0.461. The van der Waals surface area contributed by atoms with E-state index in [1.54, 1.807) is 30.3 Å². The Hall–Kier alpha value is -2.20. The molecule has 0 aliphatic heterocycles. The van der Waals surface area contributed by atoms with Crippen molar-refractivity contribution >= 4 is 23.1 Å². The highest BCUT2D eigenvalue weighted by molar-refractivity contribution is 6.30. The quantitative estimate of drug-likeness (QED) is 0.624. The van der Waals surface area contributed by atoms with Gasteiger partial charge in [0.25, 0.3) is 5.69 Å². The van der Waals surface area contributed by atoms with Gasteiger partial charge in [0, 0.05) is 30.0 Å². The SMILES string of the molecule is O=C(Cc1ccc([N+](=O)[O-])cc1)Cc1cccc(Cl)c1. The lowest BCUT2D eigenvalue weighted by molar-refractivity contribution is -0.384. The van der Waals surface area contributed by atoms with Gasteiger partial charge in [0.15, 0.2) is 0 Å². The molecule has 0 heterocycles. The number of carbonyl (C=O) groups excluding carboxylic acids is 1. The molecule has 0 spiro atoms. The Labute approximate surface area is 121 Å². The van der Waals surface area contributed by atoms with Crippen LogP contribution in [0.3, 0.4) is 0 Å². The van der Waals surface area contributed by atoms with Gasteiger partial charge in [-0.3, -0.25) is 14.9 Å². The van der Waals surface area contributed by atoms with Gasteiger partial charge < -0.3 is 0 Å². The third kappa shape index (κ3) is 3.90. The fourth-order valence-electron chi connectivity index (χ4n) is 1.90. The van der Waals surface area contributed by atoms with E-state index in [0.29, 0.717) is 11.4 Å². The number of nitro groups is 1. The summed E-state index contributed by atoms with van der Waals surface area (Å²) in [6, 6.07) is 13.2. The van der Waals surface area contributed by atoms with Crippen LogP contribution in [-0.2, 0) is 17.6 Å². The van der Waals surface area contributed by atoms with Crippen LogP contribution in [0.4, 0.5) is 5.69 Å². The number of Topliss-reactive ketones (excluding diaryl/α,β-unsaturated/α-hetero) is 1. The van der Waals surface area contributed by atoms with Crippen LogP contribution in [0.5, 0.6) is 0 Å². The van der Waals surface area contributed by atoms with E-state index < -0.39 is 4.92 Å². The molecule has 0 N–H and O–H groups in total. The number of nitro benzene ring substituents is 1. The number of hydrogen-bond acceptors (Lipinski definition) is 3. The number of non-ortho nitro benzene ring substituents is 1. The van der Waals surface area contributed by atoms with E-state index in [9.17, 15) is 14.9 Å². The molecular weight excluding hydrogens is 278 g/mol. The van der Waals surface area contributed by atoms with Gasteiger partial charge in [-0.1, -0.05) is 35.9 Å². The summed E-state index contributed by atoms with van der Waals surface area (Å²) in [6.07, 6.45) is 0.558. The van der Waals surface area contributed by atoms with Crippen molar-refractivity contribution in [3.8, 4) is 0 Å². The molecule has 102 valence electrons. The van der Waals surface area contributed by atoms with Gasteiger partial charge >= 0.3 is 0 Å². The number of rotatable bonds is 5. The number of benzene rings is 2. The molecule has 0 saturated carbocycles. The normalized spacial score (nSPS) is 10.2. The van der Waals surface area contributed by atoms with Crippen molar-refractivity contribution in [2.24, 2.45) is 0 Å². The van der Waals surface area contributed by atoms with Gasteiger partial charge in [-0.25, -0.2) is 0 Å². The van der Waals surface area contributed by atoms with Crippen LogP contribution in [-0.4, -0.2) is 10.7 Å². The van der Waals surface area contributed by atoms with Crippen LogP contribution in [0.15, 0.2) is 48.5 Å². The average molecular weight is 290 g/mol. The fourth-order valence-corrected chi connectivity index (χ4v) is 2.11. The molecule has 0 unspecified atom stereocenters. The largest absolute Gasteiger partial charge is 0.299 e. The van der Waals surface area contributed by atoms with Gasteiger partial charge in [-0.2, -0.15) is 0 Å². The first-order valence-corrected chi connectivity index (χ1v) is 6.42. The van der Waals surface area contributed by atoms with Crippen LogP contribution >= 0.6 is 11.6 Å². The average Bonchev–Trinajstić information content (AvgIpc) is 2.39. The molecule has 2 aromatic carbocycles. The second-order valence-corrected chi connectivity index (χ2v) is 4.88. The van der Waals surface area contributed by atoms with Gasteiger partial charge in [-0.05, 0) is 23.3 Å². The van der Waals surface area contributed by atoms with E-state index in [0.717, 1.165) is 11.1 Å². The molecule has 2 rings (SSSR count). The molecule has 5 heteroatoms. The van der Waals surface area contributed by atoms with Crippen molar-refractivity contribution < 1.29 is 9.72 Å². The smallest absolute Gasteiger partial charge is 0.269 e. The lowest BCUT2D eigenvalue weighted by Crippen LogP contribution is -2.06. The molecule has 0 radical (unpaired) electrons. The number of nitrogens with zero attached hydrogens (tertiary/aromatic N) is 1. The summed E-state index contributed by atoms with van der Waals surface area (Å²) in [6.45, 7) is 0. The molecule has 20 heavy (non-hydrogen) atoms. The molecular formula is C15H12ClNO3. The van der Waals surface area contributed by atoms with E-state index in [1.807, 2.05) is 6.07 Å². The number of carbonyl (C=O) groups is 1. The molecule has 0 atom stereocenters. The number of halogens is 1. The second-order valence-electron chi connectivity index (χ2n) is 4.45. The van der Waals surface area contributed by atoms with Crippen LogP contribution in [0.1, 0.15) is 11.1 Å². The molecule has 0 aromatic heterocycles. The first-order valence-electron chi connectivity index (χ1n) is 6.04. The Balaban J connectivity index is 1.99. The van der Waals surface area contributed by atoms with Crippen LogP contribution in [0.25, 0.3) is 0 Å². The van der Waals surface area contributed by atoms with Gasteiger partial charge in [-0.15, -0.1) is 0 Å². The first kappa shape index (κ1) is 14.2. The Morgan fingerprint density at radius 3 is 2.30 bits per heavy atom. The maximum Gasteiger partial charge on any atom is 0.269 e. The van der Waals surface area contributed by atoms with E-state index in [2.05, 4.69) is 0 Å². The highest BCUT2D eigenvalue weighted by Gasteiger charge is 2.08. The van der Waals surface area contributed by atoms with E-state index in [-0.39, 0.29) is 17.9 Å². The maximum absolute atomic E-state index is 11.9. The molecule has 2 aromatic rings.